The molecule has 2 aliphatic rings. The van der Waals surface area contributed by atoms with Crippen molar-refractivity contribution in [2.24, 2.45) is 17.3 Å². The van der Waals surface area contributed by atoms with Crippen LogP contribution in [0.2, 0.25) is 0 Å². The molecule has 2 atom stereocenters. The van der Waals surface area contributed by atoms with Crippen molar-refractivity contribution in [2.45, 2.75) is 12.4 Å². The fourth-order valence-electron chi connectivity index (χ4n) is 2.54. The van der Waals surface area contributed by atoms with Gasteiger partial charge >= 0.3 is 12.4 Å². The molecule has 0 spiro atoms. The molecule has 0 aromatic heterocycles. The minimum atomic E-state index is -5.18. The van der Waals surface area contributed by atoms with E-state index >= 15 is 0 Å². The summed E-state index contributed by atoms with van der Waals surface area (Å²) in [5.74, 6) is -2.63. The van der Waals surface area contributed by atoms with E-state index in [2.05, 4.69) is 5.32 Å². The predicted molar refractivity (Wildman–Crippen MR) is 34.4 cm³/mol. The summed E-state index contributed by atoms with van der Waals surface area (Å²) >= 11 is 0. The quantitative estimate of drug-likeness (QED) is 0.614. The van der Waals surface area contributed by atoms with E-state index in [1.54, 1.807) is 0 Å². The van der Waals surface area contributed by atoms with E-state index in [0.29, 0.717) is 0 Å². The molecule has 1 heterocycles. The van der Waals surface area contributed by atoms with Crippen LogP contribution in [0.3, 0.4) is 0 Å². The van der Waals surface area contributed by atoms with Crippen LogP contribution in [0, 0.1) is 17.3 Å². The first-order chi connectivity index (χ1) is 6.23. The normalized spacial score (nSPS) is 35.6. The third kappa shape index (κ3) is 0.910. The minimum Gasteiger partial charge on any atom is -0.316 e. The third-order valence-electron chi connectivity index (χ3n) is 3.21. The van der Waals surface area contributed by atoms with Crippen molar-refractivity contribution in [3.63, 3.8) is 0 Å². The van der Waals surface area contributed by atoms with Crippen molar-refractivity contribution in [2.75, 3.05) is 13.1 Å². The second-order valence-corrected chi connectivity index (χ2v) is 3.74. The molecule has 1 nitrogen and oxygen atoms in total. The van der Waals surface area contributed by atoms with E-state index in [-0.39, 0.29) is 13.1 Å². The predicted octanol–water partition coefficient (Wildman–Crippen LogP) is 1.95. The SMILES string of the molecule is FC(F)(F)C1(C(F)(F)F)[C@@H]2CNC[C@H]21. The van der Waals surface area contributed by atoms with Crippen LogP contribution in [-0.2, 0) is 0 Å². The molecule has 0 bridgehead atoms. The Morgan fingerprint density at radius 1 is 0.857 bits per heavy atom. The molecule has 1 saturated heterocycles. The van der Waals surface area contributed by atoms with Gasteiger partial charge in [-0.1, -0.05) is 0 Å². The molecular formula is C7H7F6N. The van der Waals surface area contributed by atoms with Gasteiger partial charge in [0.2, 0.25) is 0 Å². The average Bonchev–Trinajstić information content (AvgIpc) is 2.38. The van der Waals surface area contributed by atoms with Gasteiger partial charge in [-0.3, -0.25) is 0 Å². The van der Waals surface area contributed by atoms with Gasteiger partial charge in [0, 0.05) is 11.8 Å². The third-order valence-corrected chi connectivity index (χ3v) is 3.21. The van der Waals surface area contributed by atoms with Gasteiger partial charge in [0.05, 0.1) is 0 Å². The molecule has 0 unspecified atom stereocenters. The molecule has 1 aliphatic carbocycles. The Hall–Kier alpha value is -0.460. The van der Waals surface area contributed by atoms with Crippen LogP contribution >= 0.6 is 0 Å². The lowest BCUT2D eigenvalue weighted by atomic mass is 9.99. The van der Waals surface area contributed by atoms with E-state index in [4.69, 9.17) is 0 Å². The van der Waals surface area contributed by atoms with Gasteiger partial charge in [0.15, 0.2) is 5.41 Å². The summed E-state index contributed by atoms with van der Waals surface area (Å²) in [7, 11) is 0. The topological polar surface area (TPSA) is 12.0 Å². The van der Waals surface area contributed by atoms with Crippen LogP contribution in [0.25, 0.3) is 0 Å². The highest BCUT2D eigenvalue weighted by molar-refractivity contribution is 5.22. The summed E-state index contributed by atoms with van der Waals surface area (Å²) in [5.41, 5.74) is -3.43. The maximum atomic E-state index is 12.4. The minimum absolute atomic E-state index is 0.191. The number of nitrogens with one attached hydrogen (secondary N) is 1. The first kappa shape index (κ1) is 10.1. The Bertz CT molecular complexity index is 228. The molecule has 1 aliphatic heterocycles. The lowest BCUT2D eigenvalue weighted by molar-refractivity contribution is -0.311. The van der Waals surface area contributed by atoms with Gasteiger partial charge in [-0.2, -0.15) is 26.3 Å². The van der Waals surface area contributed by atoms with Crippen LogP contribution in [-0.4, -0.2) is 25.4 Å². The number of alkyl halides is 6. The average molecular weight is 219 g/mol. The molecule has 14 heavy (non-hydrogen) atoms. The molecule has 82 valence electrons. The van der Waals surface area contributed by atoms with E-state index in [0.717, 1.165) is 0 Å². The van der Waals surface area contributed by atoms with E-state index in [1.165, 1.54) is 0 Å². The Morgan fingerprint density at radius 2 is 1.21 bits per heavy atom. The molecule has 1 saturated carbocycles. The molecular weight excluding hydrogens is 212 g/mol. The molecule has 2 rings (SSSR count). The fraction of sp³-hybridized carbons (Fsp3) is 1.00. The van der Waals surface area contributed by atoms with Crippen molar-refractivity contribution in [1.82, 2.24) is 5.32 Å². The van der Waals surface area contributed by atoms with Gasteiger partial charge in [-0.15, -0.1) is 0 Å². The Morgan fingerprint density at radius 3 is 1.43 bits per heavy atom. The maximum Gasteiger partial charge on any atom is 0.403 e. The summed E-state index contributed by atoms with van der Waals surface area (Å²) < 4.78 is 74.2. The smallest absolute Gasteiger partial charge is 0.316 e. The second kappa shape index (κ2) is 2.37. The molecule has 0 aromatic rings. The molecule has 2 fully saturated rings. The lowest BCUT2D eigenvalue weighted by Gasteiger charge is -2.26. The standard InChI is InChI=1S/C7H7F6N/c8-6(9,10)5(7(11,12)13)3-1-14-2-4(3)5/h3-4,14H,1-2H2/t3-,4-/m1/s1. The van der Waals surface area contributed by atoms with Crippen LogP contribution in [0.5, 0.6) is 0 Å². The molecule has 0 radical (unpaired) electrons. The van der Waals surface area contributed by atoms with Crippen LogP contribution in [0.15, 0.2) is 0 Å². The van der Waals surface area contributed by atoms with Gasteiger partial charge in [-0.05, 0) is 13.1 Å². The number of hydrogen-bond acceptors (Lipinski definition) is 1. The van der Waals surface area contributed by atoms with Gasteiger partial charge < -0.3 is 5.32 Å². The summed E-state index contributed by atoms with van der Waals surface area (Å²) in [6, 6.07) is 0. The van der Waals surface area contributed by atoms with Crippen molar-refractivity contribution in [1.29, 1.82) is 0 Å². The molecule has 0 amide bonds. The summed E-state index contributed by atoms with van der Waals surface area (Å²) in [4.78, 5) is 0. The number of halogens is 6. The number of fused-ring (bicyclic) bond motifs is 1. The highest BCUT2D eigenvalue weighted by Gasteiger charge is 2.89. The Kier molecular flexibility index (Phi) is 1.71. The van der Waals surface area contributed by atoms with Gasteiger partial charge in [0.25, 0.3) is 0 Å². The van der Waals surface area contributed by atoms with Crippen molar-refractivity contribution in [3.05, 3.63) is 0 Å². The maximum absolute atomic E-state index is 12.4. The number of hydrogen-bond donors (Lipinski definition) is 1. The van der Waals surface area contributed by atoms with Gasteiger partial charge in [0.1, 0.15) is 0 Å². The van der Waals surface area contributed by atoms with Crippen molar-refractivity contribution < 1.29 is 26.3 Å². The summed E-state index contributed by atoms with van der Waals surface area (Å²) in [6.07, 6.45) is -10.4. The van der Waals surface area contributed by atoms with Crippen molar-refractivity contribution >= 4 is 0 Å². The largest absolute Gasteiger partial charge is 0.403 e. The van der Waals surface area contributed by atoms with Gasteiger partial charge in [-0.25, -0.2) is 0 Å². The van der Waals surface area contributed by atoms with Crippen LogP contribution in [0.1, 0.15) is 0 Å². The van der Waals surface area contributed by atoms with E-state index in [9.17, 15) is 26.3 Å². The van der Waals surface area contributed by atoms with Crippen LogP contribution < -0.4 is 5.32 Å². The summed E-state index contributed by atoms with van der Waals surface area (Å²) in [6.45, 7) is -0.382. The summed E-state index contributed by atoms with van der Waals surface area (Å²) in [5, 5.41) is 2.52. The van der Waals surface area contributed by atoms with E-state index in [1.807, 2.05) is 0 Å². The molecule has 1 N–H and O–H groups in total. The van der Waals surface area contributed by atoms with Crippen molar-refractivity contribution in [3.8, 4) is 0 Å². The lowest BCUT2D eigenvalue weighted by Crippen LogP contribution is -2.45. The molecule has 7 heteroatoms. The number of rotatable bonds is 0. The Labute approximate surface area is 75.5 Å². The zero-order valence-corrected chi connectivity index (χ0v) is 6.84. The highest BCUT2D eigenvalue weighted by Crippen LogP contribution is 2.74. The van der Waals surface area contributed by atoms with E-state index < -0.39 is 29.6 Å². The number of piperidine rings is 1. The monoisotopic (exact) mass is 219 g/mol. The van der Waals surface area contributed by atoms with Crippen LogP contribution in [0.4, 0.5) is 26.3 Å². The molecule has 0 aromatic carbocycles. The zero-order chi connectivity index (χ0) is 10.8. The Balaban J connectivity index is 2.35. The first-order valence-corrected chi connectivity index (χ1v) is 4.07. The highest BCUT2D eigenvalue weighted by atomic mass is 19.4. The first-order valence-electron chi connectivity index (χ1n) is 4.07. The fourth-order valence-corrected chi connectivity index (χ4v) is 2.54. The second-order valence-electron chi connectivity index (χ2n) is 3.74. The zero-order valence-electron chi connectivity index (χ0n) is 6.84.